The van der Waals surface area contributed by atoms with Gasteiger partial charge in [0, 0.05) is 25.2 Å². The molecular formula is C14H20ClF3IN3. The molecule has 0 unspecified atom stereocenters. The van der Waals surface area contributed by atoms with Gasteiger partial charge in [-0.05, 0) is 24.5 Å². The zero-order valence-corrected chi connectivity index (χ0v) is 15.3. The van der Waals surface area contributed by atoms with Crippen LogP contribution in [-0.2, 0) is 6.42 Å². The second-order valence-electron chi connectivity index (χ2n) is 4.49. The summed E-state index contributed by atoms with van der Waals surface area (Å²) in [4.78, 5) is 3.87. The lowest BCUT2D eigenvalue weighted by Crippen LogP contribution is -2.39. The van der Waals surface area contributed by atoms with Crippen molar-refractivity contribution in [2.24, 2.45) is 4.99 Å². The summed E-state index contributed by atoms with van der Waals surface area (Å²) < 4.78 is 36.1. The molecule has 1 aromatic rings. The van der Waals surface area contributed by atoms with Gasteiger partial charge in [0.05, 0.1) is 6.42 Å². The lowest BCUT2D eigenvalue weighted by Gasteiger charge is -2.13. The summed E-state index contributed by atoms with van der Waals surface area (Å²) in [7, 11) is 1.52. The van der Waals surface area contributed by atoms with Gasteiger partial charge in [0.25, 0.3) is 0 Å². The van der Waals surface area contributed by atoms with E-state index < -0.39 is 12.6 Å². The summed E-state index contributed by atoms with van der Waals surface area (Å²) in [5.74, 6) is 0.374. The van der Waals surface area contributed by atoms with Crippen LogP contribution >= 0.6 is 35.6 Å². The smallest absolute Gasteiger partial charge is 0.356 e. The van der Waals surface area contributed by atoms with E-state index in [0.717, 1.165) is 23.4 Å². The largest absolute Gasteiger partial charge is 0.390 e. The molecule has 1 aromatic carbocycles. The molecule has 0 atom stereocenters. The molecule has 0 heterocycles. The van der Waals surface area contributed by atoms with E-state index in [1.54, 1.807) is 0 Å². The number of halogens is 5. The van der Waals surface area contributed by atoms with E-state index in [1.807, 2.05) is 24.3 Å². The second-order valence-corrected chi connectivity index (χ2v) is 4.89. The predicted octanol–water partition coefficient (Wildman–Crippen LogP) is 4.01. The van der Waals surface area contributed by atoms with Gasteiger partial charge in [0.15, 0.2) is 5.96 Å². The Balaban J connectivity index is 0.00000441. The Morgan fingerprint density at radius 3 is 2.41 bits per heavy atom. The third-order valence-corrected chi connectivity index (χ3v) is 3.17. The first-order valence-electron chi connectivity index (χ1n) is 6.67. The number of benzene rings is 1. The van der Waals surface area contributed by atoms with Crippen LogP contribution in [0.2, 0.25) is 5.02 Å². The maximum atomic E-state index is 12.0. The molecule has 0 fully saturated rings. The molecule has 0 aromatic heterocycles. The molecule has 0 aliphatic rings. The highest BCUT2D eigenvalue weighted by Gasteiger charge is 2.26. The normalized spacial score (nSPS) is 11.8. The van der Waals surface area contributed by atoms with Crippen molar-refractivity contribution >= 4 is 41.5 Å². The van der Waals surface area contributed by atoms with E-state index in [0.29, 0.717) is 12.5 Å². The molecule has 0 aliphatic heterocycles. The molecule has 0 amide bonds. The molecule has 2 N–H and O–H groups in total. The monoisotopic (exact) mass is 449 g/mol. The molecule has 0 aliphatic carbocycles. The Morgan fingerprint density at radius 2 is 1.82 bits per heavy atom. The fourth-order valence-corrected chi connectivity index (χ4v) is 1.96. The zero-order valence-electron chi connectivity index (χ0n) is 12.2. The molecule has 8 heteroatoms. The van der Waals surface area contributed by atoms with Crippen LogP contribution < -0.4 is 10.6 Å². The van der Waals surface area contributed by atoms with Gasteiger partial charge in [-0.25, -0.2) is 0 Å². The van der Waals surface area contributed by atoms with Crippen molar-refractivity contribution in [2.75, 3.05) is 20.1 Å². The first-order chi connectivity index (χ1) is 9.92. The third kappa shape index (κ3) is 9.34. The fourth-order valence-electron chi connectivity index (χ4n) is 1.73. The second kappa shape index (κ2) is 10.9. The molecule has 1 rings (SSSR count). The average Bonchev–Trinajstić information content (AvgIpc) is 2.42. The van der Waals surface area contributed by atoms with E-state index in [9.17, 15) is 13.2 Å². The lowest BCUT2D eigenvalue weighted by atomic mass is 10.1. The molecule has 22 heavy (non-hydrogen) atoms. The Labute approximate surface area is 150 Å². The third-order valence-electron chi connectivity index (χ3n) is 2.80. The van der Waals surface area contributed by atoms with E-state index >= 15 is 0 Å². The predicted molar refractivity (Wildman–Crippen MR) is 95.2 cm³/mol. The number of guanidine groups is 1. The SMILES string of the molecule is CN=C(NCCCc1ccccc1Cl)NCCC(F)(F)F.I. The Hall–Kier alpha value is -0.700. The van der Waals surface area contributed by atoms with E-state index in [4.69, 9.17) is 11.6 Å². The van der Waals surface area contributed by atoms with Crippen LogP contribution in [0.1, 0.15) is 18.4 Å². The van der Waals surface area contributed by atoms with E-state index in [1.165, 1.54) is 7.05 Å². The number of nitrogens with one attached hydrogen (secondary N) is 2. The highest BCUT2D eigenvalue weighted by molar-refractivity contribution is 14.0. The van der Waals surface area contributed by atoms with Crippen LogP contribution in [0, 0.1) is 0 Å². The van der Waals surface area contributed by atoms with E-state index in [2.05, 4.69) is 15.6 Å². The van der Waals surface area contributed by atoms with Gasteiger partial charge >= 0.3 is 6.18 Å². The van der Waals surface area contributed by atoms with E-state index in [-0.39, 0.29) is 30.5 Å². The van der Waals surface area contributed by atoms with Crippen LogP contribution in [0.5, 0.6) is 0 Å². The molecule has 0 spiro atoms. The first kappa shape index (κ1) is 21.3. The van der Waals surface area contributed by atoms with Gasteiger partial charge in [-0.3, -0.25) is 4.99 Å². The molecule has 0 saturated carbocycles. The van der Waals surface area contributed by atoms with Crippen molar-refractivity contribution in [2.45, 2.75) is 25.4 Å². The van der Waals surface area contributed by atoms with Crippen molar-refractivity contribution in [1.29, 1.82) is 0 Å². The van der Waals surface area contributed by atoms with Crippen LogP contribution in [0.25, 0.3) is 0 Å². The summed E-state index contributed by atoms with van der Waals surface area (Å²) in [5.41, 5.74) is 1.06. The Kier molecular flexibility index (Phi) is 10.6. The van der Waals surface area contributed by atoms with Crippen molar-refractivity contribution in [3.63, 3.8) is 0 Å². The van der Waals surface area contributed by atoms with Gasteiger partial charge < -0.3 is 10.6 Å². The summed E-state index contributed by atoms with van der Waals surface area (Å²) in [6.45, 7) is 0.421. The summed E-state index contributed by atoms with van der Waals surface area (Å²) >= 11 is 6.04. The summed E-state index contributed by atoms with van der Waals surface area (Å²) in [6, 6.07) is 7.59. The molecule has 3 nitrogen and oxygen atoms in total. The summed E-state index contributed by atoms with van der Waals surface area (Å²) in [5, 5.41) is 6.33. The minimum atomic E-state index is -4.16. The van der Waals surface area contributed by atoms with Crippen molar-refractivity contribution in [1.82, 2.24) is 10.6 Å². The maximum Gasteiger partial charge on any atom is 0.390 e. The molecule has 126 valence electrons. The van der Waals surface area contributed by atoms with Crippen molar-refractivity contribution in [3.8, 4) is 0 Å². The van der Waals surface area contributed by atoms with Crippen LogP contribution in [0.4, 0.5) is 13.2 Å². The Morgan fingerprint density at radius 1 is 1.18 bits per heavy atom. The molecular weight excluding hydrogens is 430 g/mol. The Bertz CT molecular complexity index is 467. The van der Waals surface area contributed by atoms with Gasteiger partial charge in [0.2, 0.25) is 0 Å². The minimum Gasteiger partial charge on any atom is -0.356 e. The number of rotatable bonds is 6. The molecule has 0 radical (unpaired) electrons. The standard InChI is InChI=1S/C14H19ClF3N3.HI/c1-19-13(21-10-8-14(16,17)18)20-9-4-6-11-5-2-3-7-12(11)15;/h2-3,5,7H,4,6,8-10H2,1H3,(H2,19,20,21);1H. The average molecular weight is 450 g/mol. The topological polar surface area (TPSA) is 36.4 Å². The van der Waals surface area contributed by atoms with Gasteiger partial charge in [-0.1, -0.05) is 29.8 Å². The minimum absolute atomic E-state index is 0. The number of aliphatic imine (C=N–C) groups is 1. The molecule has 0 saturated heterocycles. The van der Waals surface area contributed by atoms with Crippen LogP contribution in [0.3, 0.4) is 0 Å². The number of aryl methyl sites for hydroxylation is 1. The van der Waals surface area contributed by atoms with Crippen molar-refractivity contribution < 1.29 is 13.2 Å². The highest BCUT2D eigenvalue weighted by atomic mass is 127. The van der Waals surface area contributed by atoms with Crippen LogP contribution in [-0.4, -0.2) is 32.3 Å². The number of nitrogens with zero attached hydrogens (tertiary/aromatic N) is 1. The van der Waals surface area contributed by atoms with Crippen LogP contribution in [0.15, 0.2) is 29.3 Å². The highest BCUT2D eigenvalue weighted by Crippen LogP contribution is 2.18. The summed E-state index contributed by atoms with van der Waals surface area (Å²) in [6.07, 6.45) is -3.43. The fraction of sp³-hybridized carbons (Fsp3) is 0.500. The zero-order chi connectivity index (χ0) is 15.7. The maximum absolute atomic E-state index is 12.0. The number of hydrogen-bond donors (Lipinski definition) is 2. The lowest BCUT2D eigenvalue weighted by molar-refractivity contribution is -0.132. The quantitative estimate of drug-likeness (QED) is 0.298. The van der Waals surface area contributed by atoms with Gasteiger partial charge in [0.1, 0.15) is 0 Å². The first-order valence-corrected chi connectivity index (χ1v) is 7.05. The van der Waals surface area contributed by atoms with Crippen molar-refractivity contribution in [3.05, 3.63) is 34.9 Å². The number of hydrogen-bond acceptors (Lipinski definition) is 1. The number of alkyl halides is 3. The molecule has 0 bridgehead atoms. The van der Waals surface area contributed by atoms with Gasteiger partial charge in [-0.15, -0.1) is 24.0 Å². The van der Waals surface area contributed by atoms with Gasteiger partial charge in [-0.2, -0.15) is 13.2 Å².